The summed E-state index contributed by atoms with van der Waals surface area (Å²) in [5.74, 6) is -0.194. The van der Waals surface area contributed by atoms with Gasteiger partial charge in [0.2, 0.25) is 5.91 Å². The number of nitrogens with zero attached hydrogens (tertiary/aromatic N) is 1. The number of rotatable bonds is 5. The van der Waals surface area contributed by atoms with Crippen LogP contribution in [-0.2, 0) is 4.79 Å². The summed E-state index contributed by atoms with van der Waals surface area (Å²) in [7, 11) is 0. The van der Waals surface area contributed by atoms with Crippen LogP contribution < -0.4 is 0 Å². The molecule has 0 saturated heterocycles. The Morgan fingerprint density at radius 2 is 2.22 bits per heavy atom. The molecule has 0 spiro atoms. The van der Waals surface area contributed by atoms with Crippen LogP contribution in [0.25, 0.3) is 0 Å². The smallest absolute Gasteiger partial charge is 0.238 e. The maximum absolute atomic E-state index is 12.0. The van der Waals surface area contributed by atoms with Crippen molar-refractivity contribution in [1.82, 2.24) is 4.90 Å². The zero-order valence-electron chi connectivity index (χ0n) is 11.3. The summed E-state index contributed by atoms with van der Waals surface area (Å²) in [6.07, 6.45) is 9.01. The van der Waals surface area contributed by atoms with E-state index in [-0.39, 0.29) is 35.9 Å². The van der Waals surface area contributed by atoms with Gasteiger partial charge in [-0.3, -0.25) is 4.79 Å². The van der Waals surface area contributed by atoms with Gasteiger partial charge in [-0.2, -0.15) is 0 Å². The second kappa shape index (κ2) is 6.39. The lowest BCUT2D eigenvalue weighted by Gasteiger charge is -2.44. The Labute approximate surface area is 114 Å². The average Bonchev–Trinajstić information content (AvgIpc) is 2.40. The van der Waals surface area contributed by atoms with Crippen LogP contribution in [0.15, 0.2) is 24.3 Å². The summed E-state index contributed by atoms with van der Waals surface area (Å²) in [6.45, 7) is 6.00. The molecule has 0 fully saturated rings. The largest absolute Gasteiger partial charge is 0.394 e. The maximum atomic E-state index is 12.0. The molecule has 3 unspecified atom stereocenters. The number of aliphatic hydroxyl groups excluding tert-OH is 1. The number of carbonyl (C=O) groups is 1. The van der Waals surface area contributed by atoms with Crippen LogP contribution in [0, 0.1) is 5.41 Å². The first-order chi connectivity index (χ1) is 8.50. The standard InChI is InChI=1S/C14H22ClNO2/c1-4-14(3)8-6-5-7-12(14)16(11(2)10-17)13(18)9-15/h5-8,11-12,17H,4,9-10H2,1-3H3. The number of allylic oxidation sites excluding steroid dienone is 2. The van der Waals surface area contributed by atoms with Crippen LogP contribution in [0.4, 0.5) is 0 Å². The van der Waals surface area contributed by atoms with Gasteiger partial charge >= 0.3 is 0 Å². The molecule has 0 aromatic carbocycles. The van der Waals surface area contributed by atoms with Crippen LogP contribution in [0.1, 0.15) is 27.2 Å². The first kappa shape index (κ1) is 15.3. The van der Waals surface area contributed by atoms with Crippen molar-refractivity contribution in [2.45, 2.75) is 39.3 Å². The van der Waals surface area contributed by atoms with Gasteiger partial charge in [-0.25, -0.2) is 0 Å². The molecule has 4 heteroatoms. The van der Waals surface area contributed by atoms with Gasteiger partial charge < -0.3 is 10.0 Å². The molecule has 1 amide bonds. The van der Waals surface area contributed by atoms with Crippen LogP contribution in [0.3, 0.4) is 0 Å². The van der Waals surface area contributed by atoms with E-state index in [1.54, 1.807) is 4.90 Å². The summed E-state index contributed by atoms with van der Waals surface area (Å²) in [5.41, 5.74) is -0.111. The second-order valence-electron chi connectivity index (χ2n) is 5.01. The van der Waals surface area contributed by atoms with Gasteiger partial charge in [0.05, 0.1) is 18.7 Å². The molecule has 0 radical (unpaired) electrons. The van der Waals surface area contributed by atoms with Gasteiger partial charge in [0, 0.05) is 5.41 Å². The Morgan fingerprint density at radius 1 is 1.56 bits per heavy atom. The number of halogens is 1. The summed E-state index contributed by atoms with van der Waals surface area (Å²) < 4.78 is 0. The monoisotopic (exact) mass is 271 g/mol. The molecule has 0 saturated carbocycles. The molecule has 102 valence electrons. The van der Waals surface area contributed by atoms with E-state index in [1.807, 2.05) is 25.2 Å². The number of amides is 1. The van der Waals surface area contributed by atoms with E-state index >= 15 is 0 Å². The van der Waals surface area contributed by atoms with Crippen molar-refractivity contribution in [3.63, 3.8) is 0 Å². The third-order valence-corrected chi connectivity index (χ3v) is 3.99. The summed E-state index contributed by atoms with van der Waals surface area (Å²) in [5, 5.41) is 9.34. The highest BCUT2D eigenvalue weighted by molar-refractivity contribution is 6.27. The first-order valence-corrected chi connectivity index (χ1v) is 6.87. The maximum Gasteiger partial charge on any atom is 0.238 e. The number of hydrogen-bond acceptors (Lipinski definition) is 2. The van der Waals surface area contributed by atoms with E-state index in [9.17, 15) is 9.90 Å². The van der Waals surface area contributed by atoms with Crippen molar-refractivity contribution in [2.24, 2.45) is 5.41 Å². The van der Waals surface area contributed by atoms with Gasteiger partial charge in [-0.05, 0) is 13.3 Å². The lowest BCUT2D eigenvalue weighted by Crippen LogP contribution is -2.53. The molecular formula is C14H22ClNO2. The summed E-state index contributed by atoms with van der Waals surface area (Å²) in [6, 6.07) is -0.288. The topological polar surface area (TPSA) is 40.5 Å². The molecule has 0 aliphatic heterocycles. The quantitative estimate of drug-likeness (QED) is 0.780. The highest BCUT2D eigenvalue weighted by Gasteiger charge is 2.38. The Bertz CT molecular complexity index is 354. The molecule has 1 aliphatic carbocycles. The molecule has 1 N–H and O–H groups in total. The van der Waals surface area contributed by atoms with Crippen LogP contribution in [0.5, 0.6) is 0 Å². The Hall–Kier alpha value is -0.800. The van der Waals surface area contributed by atoms with E-state index in [1.165, 1.54) is 0 Å². The molecule has 1 aliphatic rings. The minimum Gasteiger partial charge on any atom is -0.394 e. The number of alkyl halides is 1. The van der Waals surface area contributed by atoms with E-state index in [0.29, 0.717) is 0 Å². The Kier molecular flexibility index (Phi) is 5.42. The summed E-state index contributed by atoms with van der Waals surface area (Å²) in [4.78, 5) is 13.7. The molecule has 0 bridgehead atoms. The lowest BCUT2D eigenvalue weighted by molar-refractivity contribution is -0.135. The van der Waals surface area contributed by atoms with Gasteiger partial charge in [0.15, 0.2) is 0 Å². The number of carbonyl (C=O) groups excluding carboxylic acids is 1. The second-order valence-corrected chi connectivity index (χ2v) is 5.28. The van der Waals surface area contributed by atoms with Crippen molar-refractivity contribution in [3.8, 4) is 0 Å². The number of hydrogen-bond donors (Lipinski definition) is 1. The molecule has 18 heavy (non-hydrogen) atoms. The van der Waals surface area contributed by atoms with E-state index < -0.39 is 0 Å². The molecular weight excluding hydrogens is 250 g/mol. The average molecular weight is 272 g/mol. The lowest BCUT2D eigenvalue weighted by atomic mass is 9.76. The third kappa shape index (κ3) is 2.96. The van der Waals surface area contributed by atoms with Gasteiger partial charge in [0.1, 0.15) is 5.88 Å². The van der Waals surface area contributed by atoms with Crippen molar-refractivity contribution in [3.05, 3.63) is 24.3 Å². The van der Waals surface area contributed by atoms with Crippen molar-refractivity contribution < 1.29 is 9.90 Å². The van der Waals surface area contributed by atoms with Gasteiger partial charge in [-0.1, -0.05) is 38.2 Å². The van der Waals surface area contributed by atoms with Crippen molar-refractivity contribution in [1.29, 1.82) is 0 Å². The Balaban J connectivity index is 3.08. The molecule has 0 aromatic heterocycles. The predicted molar refractivity (Wildman–Crippen MR) is 74.6 cm³/mol. The SMILES string of the molecule is CCC1(C)C=CC=CC1N(C(=O)CCl)C(C)CO. The molecule has 1 rings (SSSR count). The first-order valence-electron chi connectivity index (χ1n) is 6.34. The highest BCUT2D eigenvalue weighted by Crippen LogP contribution is 2.35. The number of aliphatic hydroxyl groups is 1. The van der Waals surface area contributed by atoms with E-state index in [4.69, 9.17) is 11.6 Å². The van der Waals surface area contributed by atoms with E-state index in [0.717, 1.165) is 6.42 Å². The van der Waals surface area contributed by atoms with Crippen LogP contribution in [0.2, 0.25) is 0 Å². The fraction of sp³-hybridized carbons (Fsp3) is 0.643. The molecule has 0 aromatic rings. The fourth-order valence-corrected chi connectivity index (χ4v) is 2.47. The highest BCUT2D eigenvalue weighted by atomic mass is 35.5. The van der Waals surface area contributed by atoms with Gasteiger partial charge in [0.25, 0.3) is 0 Å². The minimum absolute atomic E-state index is 0.0547. The van der Waals surface area contributed by atoms with E-state index in [2.05, 4.69) is 19.9 Å². The third-order valence-electron chi connectivity index (χ3n) is 3.76. The van der Waals surface area contributed by atoms with Crippen LogP contribution >= 0.6 is 11.6 Å². The predicted octanol–water partition coefficient (Wildman–Crippen LogP) is 2.35. The zero-order valence-corrected chi connectivity index (χ0v) is 12.0. The van der Waals surface area contributed by atoms with Crippen LogP contribution in [-0.4, -0.2) is 40.5 Å². The fourth-order valence-electron chi connectivity index (χ4n) is 2.33. The summed E-state index contributed by atoms with van der Waals surface area (Å²) >= 11 is 5.69. The van der Waals surface area contributed by atoms with Gasteiger partial charge in [-0.15, -0.1) is 11.6 Å². The van der Waals surface area contributed by atoms with Crippen molar-refractivity contribution in [2.75, 3.05) is 12.5 Å². The molecule has 3 atom stereocenters. The Morgan fingerprint density at radius 3 is 2.72 bits per heavy atom. The molecule has 3 nitrogen and oxygen atoms in total. The molecule has 0 heterocycles. The zero-order chi connectivity index (χ0) is 13.8. The normalized spacial score (nSPS) is 28.2. The minimum atomic E-state index is -0.233. The van der Waals surface area contributed by atoms with Crippen molar-refractivity contribution >= 4 is 17.5 Å².